The number of fused-ring (bicyclic) bond motifs is 1. The van der Waals surface area contributed by atoms with Crippen LogP contribution in [-0.4, -0.2) is 57.8 Å². The summed E-state index contributed by atoms with van der Waals surface area (Å²) in [5, 5.41) is 6.69. The van der Waals surface area contributed by atoms with Crippen LogP contribution in [-0.2, 0) is 4.79 Å². The minimum absolute atomic E-state index is 0.139. The van der Waals surface area contributed by atoms with Crippen molar-refractivity contribution in [2.24, 2.45) is 0 Å². The van der Waals surface area contributed by atoms with Crippen molar-refractivity contribution in [3.05, 3.63) is 61.1 Å². The van der Waals surface area contributed by atoms with Gasteiger partial charge in [-0.1, -0.05) is 6.58 Å². The molecule has 1 unspecified atom stereocenters. The van der Waals surface area contributed by atoms with Crippen LogP contribution in [0, 0.1) is 0 Å². The first-order valence-corrected chi connectivity index (χ1v) is 11.1. The van der Waals surface area contributed by atoms with Gasteiger partial charge in [0.2, 0.25) is 5.91 Å². The van der Waals surface area contributed by atoms with Gasteiger partial charge < -0.3 is 15.5 Å². The second kappa shape index (κ2) is 9.87. The monoisotopic (exact) mass is 444 g/mol. The van der Waals surface area contributed by atoms with Crippen molar-refractivity contribution in [1.82, 2.24) is 25.2 Å². The Bertz CT molecular complexity index is 1190. The molecule has 1 saturated carbocycles. The first-order valence-electron chi connectivity index (χ1n) is 11.1. The summed E-state index contributed by atoms with van der Waals surface area (Å²) in [5.74, 6) is -0.0595. The molecule has 2 N–H and O–H groups in total. The molecule has 1 aliphatic carbocycles. The molecule has 2 aromatic heterocycles. The second-order valence-corrected chi connectivity index (χ2v) is 8.50. The van der Waals surface area contributed by atoms with Gasteiger partial charge in [0.05, 0.1) is 11.2 Å². The van der Waals surface area contributed by atoms with Gasteiger partial charge in [-0.2, -0.15) is 0 Å². The zero-order valence-electron chi connectivity index (χ0n) is 18.9. The first kappa shape index (κ1) is 22.5. The highest BCUT2D eigenvalue weighted by Gasteiger charge is 2.25. The molecule has 2 amide bonds. The SMILES string of the molecule is C=CC(=O)Nc1ccnc2ccc(-c3nccc(C(=O)N[C@@H]4CCCC(N(C)C)C4)n3)cc12. The predicted octanol–water partition coefficient (Wildman–Crippen LogP) is 3.42. The molecule has 2 atom stereocenters. The molecular formula is C25H28N6O2. The third-order valence-corrected chi connectivity index (χ3v) is 6.04. The fraction of sp³-hybridized carbons (Fsp3) is 0.320. The average Bonchev–Trinajstić information content (AvgIpc) is 2.84. The molecule has 2 heterocycles. The number of amides is 2. The highest BCUT2D eigenvalue weighted by molar-refractivity contribution is 6.05. The van der Waals surface area contributed by atoms with Gasteiger partial charge >= 0.3 is 0 Å². The number of nitrogens with one attached hydrogen (secondary N) is 2. The zero-order chi connectivity index (χ0) is 23.4. The van der Waals surface area contributed by atoms with E-state index in [0.717, 1.165) is 42.1 Å². The van der Waals surface area contributed by atoms with E-state index in [2.05, 4.69) is 51.2 Å². The molecule has 1 fully saturated rings. The van der Waals surface area contributed by atoms with Crippen LogP contribution >= 0.6 is 0 Å². The molecule has 3 aromatic rings. The predicted molar refractivity (Wildman–Crippen MR) is 129 cm³/mol. The Hall–Kier alpha value is -3.65. The van der Waals surface area contributed by atoms with E-state index in [9.17, 15) is 9.59 Å². The Balaban J connectivity index is 1.57. The summed E-state index contributed by atoms with van der Waals surface area (Å²) in [5.41, 5.74) is 2.40. The number of pyridine rings is 1. The smallest absolute Gasteiger partial charge is 0.270 e. The Morgan fingerprint density at radius 1 is 1.12 bits per heavy atom. The molecule has 33 heavy (non-hydrogen) atoms. The molecule has 0 bridgehead atoms. The highest BCUT2D eigenvalue weighted by atomic mass is 16.2. The van der Waals surface area contributed by atoms with Crippen molar-refractivity contribution in [2.45, 2.75) is 37.8 Å². The van der Waals surface area contributed by atoms with Gasteiger partial charge in [0.1, 0.15) is 5.69 Å². The van der Waals surface area contributed by atoms with Crippen molar-refractivity contribution < 1.29 is 9.59 Å². The second-order valence-electron chi connectivity index (χ2n) is 8.50. The van der Waals surface area contributed by atoms with Crippen LogP contribution in [0.15, 0.2) is 55.4 Å². The third kappa shape index (κ3) is 5.23. The highest BCUT2D eigenvalue weighted by Crippen LogP contribution is 2.27. The van der Waals surface area contributed by atoms with Crippen molar-refractivity contribution in [2.75, 3.05) is 19.4 Å². The molecular weight excluding hydrogens is 416 g/mol. The maximum absolute atomic E-state index is 12.9. The van der Waals surface area contributed by atoms with Crippen molar-refractivity contribution in [1.29, 1.82) is 0 Å². The average molecular weight is 445 g/mol. The molecule has 8 heteroatoms. The zero-order valence-corrected chi connectivity index (χ0v) is 18.9. The van der Waals surface area contributed by atoms with Crippen LogP contribution in [0.1, 0.15) is 36.2 Å². The van der Waals surface area contributed by atoms with Gasteiger partial charge in [0.15, 0.2) is 5.82 Å². The van der Waals surface area contributed by atoms with E-state index in [1.54, 1.807) is 24.5 Å². The maximum Gasteiger partial charge on any atom is 0.270 e. The lowest BCUT2D eigenvalue weighted by molar-refractivity contribution is -0.111. The summed E-state index contributed by atoms with van der Waals surface area (Å²) in [6.45, 7) is 3.49. The lowest BCUT2D eigenvalue weighted by Gasteiger charge is -2.33. The van der Waals surface area contributed by atoms with Gasteiger partial charge in [0, 0.05) is 35.4 Å². The van der Waals surface area contributed by atoms with Crippen molar-refractivity contribution in [3.63, 3.8) is 0 Å². The molecule has 0 saturated heterocycles. The van der Waals surface area contributed by atoms with E-state index in [4.69, 9.17) is 0 Å². The maximum atomic E-state index is 12.9. The van der Waals surface area contributed by atoms with Gasteiger partial charge in [-0.05, 0) is 76.2 Å². The lowest BCUT2D eigenvalue weighted by atomic mass is 9.90. The number of aromatic nitrogens is 3. The largest absolute Gasteiger partial charge is 0.348 e. The number of rotatable bonds is 6. The van der Waals surface area contributed by atoms with Crippen LogP contribution in [0.5, 0.6) is 0 Å². The summed E-state index contributed by atoms with van der Waals surface area (Å²) < 4.78 is 0. The van der Waals surface area contributed by atoms with Crippen LogP contribution in [0.3, 0.4) is 0 Å². The van der Waals surface area contributed by atoms with Gasteiger partial charge in [0.25, 0.3) is 5.91 Å². The number of benzene rings is 1. The quantitative estimate of drug-likeness (QED) is 0.565. The van der Waals surface area contributed by atoms with Crippen molar-refractivity contribution in [3.8, 4) is 11.4 Å². The van der Waals surface area contributed by atoms with Gasteiger partial charge in [-0.3, -0.25) is 14.6 Å². The minimum atomic E-state index is -0.304. The lowest BCUT2D eigenvalue weighted by Crippen LogP contribution is -2.43. The number of carbonyl (C=O) groups is 2. The molecule has 4 rings (SSSR count). The van der Waals surface area contributed by atoms with E-state index in [1.807, 2.05) is 18.2 Å². The summed E-state index contributed by atoms with van der Waals surface area (Å²) in [6.07, 6.45) is 8.61. The number of nitrogens with zero attached hydrogens (tertiary/aromatic N) is 4. The topological polar surface area (TPSA) is 100 Å². The molecule has 0 spiro atoms. The molecule has 1 aliphatic rings. The fourth-order valence-electron chi connectivity index (χ4n) is 4.23. The molecule has 8 nitrogen and oxygen atoms in total. The van der Waals surface area contributed by atoms with Crippen LogP contribution in [0.2, 0.25) is 0 Å². The summed E-state index contributed by atoms with van der Waals surface area (Å²) in [7, 11) is 4.16. The van der Waals surface area contributed by atoms with E-state index in [-0.39, 0.29) is 17.9 Å². The Morgan fingerprint density at radius 2 is 1.94 bits per heavy atom. The fourth-order valence-corrected chi connectivity index (χ4v) is 4.23. The first-order chi connectivity index (χ1) is 15.9. The van der Waals surface area contributed by atoms with Crippen LogP contribution in [0.25, 0.3) is 22.3 Å². The summed E-state index contributed by atoms with van der Waals surface area (Å²) in [6, 6.07) is 9.53. The Kier molecular flexibility index (Phi) is 6.74. The Labute approximate surface area is 193 Å². The van der Waals surface area contributed by atoms with Crippen molar-refractivity contribution >= 4 is 28.4 Å². The standard InChI is InChI=1S/C25H28N6O2/c1-4-23(32)29-21-10-12-26-20-9-8-16(14-19(20)21)24-27-13-11-22(30-24)25(33)28-17-6-5-7-18(15-17)31(2)3/h4,8-14,17-18H,1,5-7,15H2,2-3H3,(H,28,33)(H,26,29,32)/t17-,18?/m1/s1. The number of hydrogen-bond donors (Lipinski definition) is 2. The Morgan fingerprint density at radius 3 is 2.73 bits per heavy atom. The van der Waals surface area contributed by atoms with Crippen LogP contribution in [0.4, 0.5) is 5.69 Å². The number of hydrogen-bond acceptors (Lipinski definition) is 6. The third-order valence-electron chi connectivity index (χ3n) is 6.04. The normalized spacial score (nSPS) is 18.2. The molecule has 170 valence electrons. The summed E-state index contributed by atoms with van der Waals surface area (Å²) >= 11 is 0. The van der Waals surface area contributed by atoms with E-state index in [0.29, 0.717) is 23.2 Å². The number of carbonyl (C=O) groups excluding carboxylic acids is 2. The van der Waals surface area contributed by atoms with E-state index in [1.165, 1.54) is 6.08 Å². The molecule has 1 aromatic carbocycles. The van der Waals surface area contributed by atoms with Gasteiger partial charge in [-0.25, -0.2) is 9.97 Å². The van der Waals surface area contributed by atoms with E-state index < -0.39 is 0 Å². The minimum Gasteiger partial charge on any atom is -0.348 e. The molecule has 0 radical (unpaired) electrons. The number of anilines is 1. The van der Waals surface area contributed by atoms with E-state index >= 15 is 0 Å². The van der Waals surface area contributed by atoms with Crippen LogP contribution < -0.4 is 10.6 Å². The van der Waals surface area contributed by atoms with Gasteiger partial charge in [-0.15, -0.1) is 0 Å². The summed E-state index contributed by atoms with van der Waals surface area (Å²) in [4.78, 5) is 40.2. The molecule has 0 aliphatic heterocycles.